The summed E-state index contributed by atoms with van der Waals surface area (Å²) in [5, 5.41) is 1.23. The lowest BCUT2D eigenvalue weighted by Gasteiger charge is -2.15. The minimum atomic E-state index is 0.293. The van der Waals surface area contributed by atoms with E-state index >= 15 is 0 Å². The molecule has 0 aromatic carbocycles. The minimum Gasteiger partial charge on any atom is -0.379 e. The molecule has 2 aliphatic rings. The second kappa shape index (κ2) is 3.58. The van der Waals surface area contributed by atoms with Crippen LogP contribution in [0.2, 0.25) is 0 Å². The lowest BCUT2D eigenvalue weighted by Crippen LogP contribution is -2.16. The molecule has 0 amide bonds. The lowest BCUT2D eigenvalue weighted by molar-refractivity contribution is 0.777. The first-order chi connectivity index (χ1) is 6.27. The molecular weight excluding hydrogens is 180 g/mol. The molecule has 2 rings (SSSR count). The third-order valence-electron chi connectivity index (χ3n) is 2.38. The van der Waals surface area contributed by atoms with E-state index in [1.165, 1.54) is 5.57 Å². The molecule has 2 unspecified atom stereocenters. The first-order valence-corrected chi connectivity index (χ1v) is 5.52. The van der Waals surface area contributed by atoms with Gasteiger partial charge in [0.25, 0.3) is 0 Å². The van der Waals surface area contributed by atoms with Gasteiger partial charge in [-0.3, -0.25) is 4.99 Å². The molecule has 2 atom stereocenters. The van der Waals surface area contributed by atoms with Crippen LogP contribution in [0.5, 0.6) is 0 Å². The quantitative estimate of drug-likeness (QED) is 0.694. The number of nitrogens with zero attached hydrogens (tertiary/aromatic N) is 1. The molecule has 0 saturated carbocycles. The molecule has 0 bridgehead atoms. The second-order valence-electron chi connectivity index (χ2n) is 3.42. The summed E-state index contributed by atoms with van der Waals surface area (Å²) >= 11 is 1.68. The van der Waals surface area contributed by atoms with Gasteiger partial charge in [-0.1, -0.05) is 36.9 Å². The van der Waals surface area contributed by atoms with Crippen LogP contribution >= 0.6 is 11.8 Å². The van der Waals surface area contributed by atoms with E-state index in [1.807, 2.05) is 0 Å². The van der Waals surface area contributed by atoms with Gasteiger partial charge in [0.05, 0.1) is 6.04 Å². The minimum absolute atomic E-state index is 0.293. The number of nitrogens with two attached hydrogens (primary N) is 1. The summed E-state index contributed by atoms with van der Waals surface area (Å²) in [6, 6.07) is 0.293. The van der Waals surface area contributed by atoms with Gasteiger partial charge >= 0.3 is 0 Å². The van der Waals surface area contributed by atoms with Gasteiger partial charge in [-0.05, 0) is 18.4 Å². The highest BCUT2D eigenvalue weighted by Gasteiger charge is 2.27. The van der Waals surface area contributed by atoms with Crippen LogP contribution in [0.4, 0.5) is 0 Å². The molecule has 0 spiro atoms. The average molecular weight is 194 g/mol. The Labute approximate surface area is 83.0 Å². The number of allylic oxidation sites excluding steroid dienone is 2. The summed E-state index contributed by atoms with van der Waals surface area (Å²) in [6.07, 6.45) is 9.00. The van der Waals surface area contributed by atoms with E-state index in [9.17, 15) is 0 Å². The summed E-state index contributed by atoms with van der Waals surface area (Å²) in [6.45, 7) is 2.18. The molecular formula is C10H14N2S. The Morgan fingerprint density at radius 2 is 2.38 bits per heavy atom. The van der Waals surface area contributed by atoms with E-state index in [4.69, 9.17) is 5.73 Å². The Morgan fingerprint density at radius 3 is 2.92 bits per heavy atom. The zero-order valence-electron chi connectivity index (χ0n) is 7.73. The van der Waals surface area contributed by atoms with Crippen LogP contribution in [0.15, 0.2) is 28.8 Å². The van der Waals surface area contributed by atoms with Crippen LogP contribution in [0.1, 0.15) is 19.8 Å². The van der Waals surface area contributed by atoms with Gasteiger partial charge in [-0.2, -0.15) is 0 Å². The Bertz CT molecular complexity index is 291. The average Bonchev–Trinajstić information content (AvgIpc) is 2.47. The topological polar surface area (TPSA) is 38.4 Å². The van der Waals surface area contributed by atoms with E-state index in [2.05, 4.69) is 30.1 Å². The van der Waals surface area contributed by atoms with Crippen molar-refractivity contribution in [3.05, 3.63) is 23.8 Å². The standard InChI is InChI=1S/C10H14N2S/c1-7-9(12-10(11)13-7)8-5-3-2-4-6-8/h3,5-7,9H,2,4H2,1H3,(H2,11,12). The fourth-order valence-corrected chi connectivity index (χ4v) is 2.63. The number of aliphatic imine (C=N–C) groups is 1. The van der Waals surface area contributed by atoms with Crippen molar-refractivity contribution < 1.29 is 0 Å². The highest BCUT2D eigenvalue weighted by molar-refractivity contribution is 8.14. The molecule has 2 N–H and O–H groups in total. The maximum absolute atomic E-state index is 5.68. The van der Waals surface area contributed by atoms with Crippen molar-refractivity contribution in [1.29, 1.82) is 0 Å². The van der Waals surface area contributed by atoms with Gasteiger partial charge < -0.3 is 5.73 Å². The molecule has 0 saturated heterocycles. The SMILES string of the molecule is CC1SC(N)=NC1C1=CCCC=C1. The predicted molar refractivity (Wildman–Crippen MR) is 58.9 cm³/mol. The van der Waals surface area contributed by atoms with Gasteiger partial charge in [0, 0.05) is 5.25 Å². The summed E-state index contributed by atoms with van der Waals surface area (Å²) in [5.41, 5.74) is 7.02. The molecule has 0 radical (unpaired) electrons. The van der Waals surface area contributed by atoms with Crippen LogP contribution < -0.4 is 5.73 Å². The van der Waals surface area contributed by atoms with Crippen molar-refractivity contribution in [2.75, 3.05) is 0 Å². The highest BCUT2D eigenvalue weighted by atomic mass is 32.2. The second-order valence-corrected chi connectivity index (χ2v) is 4.82. The summed E-state index contributed by atoms with van der Waals surface area (Å²) < 4.78 is 0. The van der Waals surface area contributed by atoms with Crippen LogP contribution in [0, 0.1) is 0 Å². The van der Waals surface area contributed by atoms with Gasteiger partial charge in [-0.25, -0.2) is 0 Å². The first kappa shape index (κ1) is 8.88. The molecule has 0 aromatic heterocycles. The largest absolute Gasteiger partial charge is 0.379 e. The molecule has 0 aromatic rings. The maximum atomic E-state index is 5.68. The van der Waals surface area contributed by atoms with E-state index in [0.717, 1.165) is 18.0 Å². The number of hydrogen-bond acceptors (Lipinski definition) is 3. The molecule has 0 fully saturated rings. The zero-order valence-corrected chi connectivity index (χ0v) is 8.55. The monoisotopic (exact) mass is 194 g/mol. The predicted octanol–water partition coefficient (Wildman–Crippen LogP) is 2.08. The Hall–Kier alpha value is -0.700. The van der Waals surface area contributed by atoms with Gasteiger partial charge in [0.15, 0.2) is 5.17 Å². The Kier molecular flexibility index (Phi) is 2.44. The molecule has 1 aliphatic heterocycles. The van der Waals surface area contributed by atoms with E-state index in [0.29, 0.717) is 11.3 Å². The number of hydrogen-bond donors (Lipinski definition) is 1. The summed E-state index contributed by atoms with van der Waals surface area (Å²) in [7, 11) is 0. The van der Waals surface area contributed by atoms with Crippen molar-refractivity contribution in [3.8, 4) is 0 Å². The third kappa shape index (κ3) is 1.80. The third-order valence-corrected chi connectivity index (χ3v) is 3.36. The van der Waals surface area contributed by atoms with E-state index < -0.39 is 0 Å². The van der Waals surface area contributed by atoms with Crippen LogP contribution in [-0.2, 0) is 0 Å². The Morgan fingerprint density at radius 1 is 1.54 bits per heavy atom. The maximum Gasteiger partial charge on any atom is 0.154 e. The van der Waals surface area contributed by atoms with Crippen molar-refractivity contribution >= 4 is 16.9 Å². The fourth-order valence-electron chi connectivity index (χ4n) is 1.73. The van der Waals surface area contributed by atoms with E-state index in [-0.39, 0.29) is 0 Å². The Balaban J connectivity index is 2.16. The molecule has 70 valence electrons. The van der Waals surface area contributed by atoms with Crippen molar-refractivity contribution in [2.24, 2.45) is 10.7 Å². The normalized spacial score (nSPS) is 33.0. The van der Waals surface area contributed by atoms with Gasteiger partial charge in [0.1, 0.15) is 0 Å². The molecule has 13 heavy (non-hydrogen) atoms. The first-order valence-electron chi connectivity index (χ1n) is 4.64. The number of amidine groups is 1. The van der Waals surface area contributed by atoms with E-state index in [1.54, 1.807) is 11.8 Å². The molecule has 1 heterocycles. The smallest absolute Gasteiger partial charge is 0.154 e. The number of thioether (sulfide) groups is 1. The van der Waals surface area contributed by atoms with Gasteiger partial charge in [0.2, 0.25) is 0 Å². The molecule has 1 aliphatic carbocycles. The summed E-state index contributed by atoms with van der Waals surface area (Å²) in [4.78, 5) is 4.43. The zero-order chi connectivity index (χ0) is 9.26. The van der Waals surface area contributed by atoms with Crippen LogP contribution in [-0.4, -0.2) is 16.5 Å². The lowest BCUT2D eigenvalue weighted by atomic mass is 9.99. The van der Waals surface area contributed by atoms with Gasteiger partial charge in [-0.15, -0.1) is 0 Å². The van der Waals surface area contributed by atoms with Crippen LogP contribution in [0.25, 0.3) is 0 Å². The number of rotatable bonds is 1. The van der Waals surface area contributed by atoms with Crippen LogP contribution in [0.3, 0.4) is 0 Å². The highest BCUT2D eigenvalue weighted by Crippen LogP contribution is 2.30. The van der Waals surface area contributed by atoms with Crippen molar-refractivity contribution in [1.82, 2.24) is 0 Å². The molecule has 3 heteroatoms. The fraction of sp³-hybridized carbons (Fsp3) is 0.500. The van der Waals surface area contributed by atoms with Crippen molar-refractivity contribution in [3.63, 3.8) is 0 Å². The molecule has 2 nitrogen and oxygen atoms in total. The van der Waals surface area contributed by atoms with Crippen molar-refractivity contribution in [2.45, 2.75) is 31.1 Å². The summed E-state index contributed by atoms with van der Waals surface area (Å²) in [5.74, 6) is 0.